The van der Waals surface area contributed by atoms with Gasteiger partial charge in [-0.05, 0) is 84.0 Å². The van der Waals surface area contributed by atoms with Crippen LogP contribution in [0.2, 0.25) is 0 Å². The molecular formula is C17H17FINO2. The smallest absolute Gasteiger partial charge is 0.265 e. The number of ether oxygens (including phenoxy) is 1. The molecule has 0 saturated carbocycles. The van der Waals surface area contributed by atoms with Crippen LogP contribution in [0.15, 0.2) is 42.5 Å². The molecule has 0 spiro atoms. The minimum Gasteiger partial charge on any atom is -0.481 e. The van der Waals surface area contributed by atoms with Gasteiger partial charge in [0.05, 0.1) is 0 Å². The number of anilines is 1. The van der Waals surface area contributed by atoms with Crippen LogP contribution < -0.4 is 10.1 Å². The molecule has 0 fully saturated rings. The summed E-state index contributed by atoms with van der Waals surface area (Å²) in [5.74, 6) is -0.0711. The number of benzene rings is 2. The number of aryl methyl sites for hydroxylation is 1. The topological polar surface area (TPSA) is 38.3 Å². The molecule has 1 N–H and O–H groups in total. The van der Waals surface area contributed by atoms with Crippen molar-refractivity contribution in [1.29, 1.82) is 0 Å². The predicted octanol–water partition coefficient (Wildman–Crippen LogP) is 4.53. The third kappa shape index (κ3) is 4.43. The number of nitrogens with one attached hydrogen (secondary N) is 1. The highest BCUT2D eigenvalue weighted by Gasteiger charge is 2.19. The molecule has 0 aliphatic carbocycles. The van der Waals surface area contributed by atoms with Gasteiger partial charge >= 0.3 is 0 Å². The number of amides is 1. The summed E-state index contributed by atoms with van der Waals surface area (Å²) in [7, 11) is 0. The number of hydrogen-bond acceptors (Lipinski definition) is 2. The van der Waals surface area contributed by atoms with E-state index in [1.807, 2.05) is 32.0 Å². The fourth-order valence-electron chi connectivity index (χ4n) is 1.98. The fourth-order valence-corrected chi connectivity index (χ4v) is 2.63. The van der Waals surface area contributed by atoms with Crippen LogP contribution in [0.25, 0.3) is 0 Å². The Morgan fingerprint density at radius 1 is 1.27 bits per heavy atom. The first-order valence-electron chi connectivity index (χ1n) is 6.99. The quantitative estimate of drug-likeness (QED) is 0.732. The highest BCUT2D eigenvalue weighted by Crippen LogP contribution is 2.19. The second-order valence-corrected chi connectivity index (χ2v) is 6.16. The van der Waals surface area contributed by atoms with Gasteiger partial charge in [0.25, 0.3) is 5.91 Å². The average molecular weight is 413 g/mol. The zero-order chi connectivity index (χ0) is 16.1. The number of halogens is 2. The second-order valence-electron chi connectivity index (χ2n) is 4.92. The lowest BCUT2D eigenvalue weighted by molar-refractivity contribution is -0.122. The molecule has 0 saturated heterocycles. The molecule has 3 nitrogen and oxygen atoms in total. The summed E-state index contributed by atoms with van der Waals surface area (Å²) in [6, 6.07) is 11.5. The summed E-state index contributed by atoms with van der Waals surface area (Å²) in [6.07, 6.45) is -0.101. The Kier molecular flexibility index (Phi) is 5.76. The van der Waals surface area contributed by atoms with Gasteiger partial charge < -0.3 is 10.1 Å². The van der Waals surface area contributed by atoms with Crippen LogP contribution in [-0.4, -0.2) is 12.0 Å². The maximum atomic E-state index is 12.9. The Balaban J connectivity index is 2.06. The zero-order valence-corrected chi connectivity index (χ0v) is 14.6. The summed E-state index contributed by atoms with van der Waals surface area (Å²) >= 11 is 2.23. The third-order valence-electron chi connectivity index (χ3n) is 3.20. The monoisotopic (exact) mass is 413 g/mol. The molecule has 22 heavy (non-hydrogen) atoms. The van der Waals surface area contributed by atoms with Crippen LogP contribution in [0.1, 0.15) is 18.9 Å². The van der Waals surface area contributed by atoms with E-state index in [2.05, 4.69) is 27.9 Å². The van der Waals surface area contributed by atoms with Crippen molar-refractivity contribution in [3.63, 3.8) is 0 Å². The molecule has 0 aromatic heterocycles. The molecule has 5 heteroatoms. The largest absolute Gasteiger partial charge is 0.481 e. The number of hydrogen-bond donors (Lipinski definition) is 1. The lowest BCUT2D eigenvalue weighted by Gasteiger charge is -2.18. The summed E-state index contributed by atoms with van der Waals surface area (Å²) in [6.45, 7) is 3.81. The van der Waals surface area contributed by atoms with E-state index in [9.17, 15) is 9.18 Å². The van der Waals surface area contributed by atoms with Gasteiger partial charge in [0.1, 0.15) is 11.6 Å². The van der Waals surface area contributed by atoms with E-state index in [0.29, 0.717) is 12.2 Å². The molecule has 1 amide bonds. The molecule has 0 aliphatic rings. The molecule has 2 aromatic rings. The van der Waals surface area contributed by atoms with Gasteiger partial charge in [-0.2, -0.15) is 0 Å². The summed E-state index contributed by atoms with van der Waals surface area (Å²) in [5.41, 5.74) is 1.77. The first-order valence-corrected chi connectivity index (χ1v) is 8.06. The van der Waals surface area contributed by atoms with Gasteiger partial charge in [-0.3, -0.25) is 4.79 Å². The molecule has 0 aliphatic heterocycles. The van der Waals surface area contributed by atoms with Crippen molar-refractivity contribution >= 4 is 34.2 Å². The predicted molar refractivity (Wildman–Crippen MR) is 93.6 cm³/mol. The van der Waals surface area contributed by atoms with Crippen molar-refractivity contribution in [1.82, 2.24) is 0 Å². The molecule has 0 bridgehead atoms. The Morgan fingerprint density at radius 3 is 2.55 bits per heavy atom. The highest BCUT2D eigenvalue weighted by molar-refractivity contribution is 14.1. The molecule has 0 heterocycles. The maximum absolute atomic E-state index is 12.9. The van der Waals surface area contributed by atoms with E-state index in [1.54, 1.807) is 0 Å². The fraction of sp³-hybridized carbons (Fsp3) is 0.235. The molecule has 116 valence electrons. The second kappa shape index (κ2) is 7.58. The van der Waals surface area contributed by atoms with Crippen LogP contribution in [0.5, 0.6) is 5.75 Å². The molecule has 2 aromatic carbocycles. The van der Waals surface area contributed by atoms with Crippen LogP contribution in [0, 0.1) is 16.3 Å². The van der Waals surface area contributed by atoms with E-state index in [1.165, 1.54) is 24.3 Å². The lowest BCUT2D eigenvalue weighted by Crippen LogP contribution is -2.32. The van der Waals surface area contributed by atoms with Crippen molar-refractivity contribution in [2.24, 2.45) is 0 Å². The van der Waals surface area contributed by atoms with Crippen LogP contribution in [0.3, 0.4) is 0 Å². The van der Waals surface area contributed by atoms with Gasteiger partial charge in [-0.1, -0.05) is 6.92 Å². The third-order valence-corrected chi connectivity index (χ3v) is 3.87. The molecule has 1 atom stereocenters. The van der Waals surface area contributed by atoms with Crippen molar-refractivity contribution in [3.8, 4) is 5.75 Å². The number of rotatable bonds is 5. The molecular weight excluding hydrogens is 396 g/mol. The van der Waals surface area contributed by atoms with E-state index < -0.39 is 6.10 Å². The van der Waals surface area contributed by atoms with Gasteiger partial charge in [-0.25, -0.2) is 4.39 Å². The normalized spacial score (nSPS) is 11.8. The maximum Gasteiger partial charge on any atom is 0.265 e. The molecule has 2 rings (SSSR count). The SMILES string of the molecule is CC[C@@H](Oc1ccc(F)cc1)C(=O)Nc1ccc(I)cc1C. The van der Waals surface area contributed by atoms with Gasteiger partial charge in [0.2, 0.25) is 0 Å². The lowest BCUT2D eigenvalue weighted by atomic mass is 10.2. The van der Waals surface area contributed by atoms with Crippen molar-refractivity contribution in [2.75, 3.05) is 5.32 Å². The Labute approximate surface area is 143 Å². The van der Waals surface area contributed by atoms with Crippen LogP contribution in [0.4, 0.5) is 10.1 Å². The Hall–Kier alpha value is -1.63. The minimum absolute atomic E-state index is 0.212. The Bertz CT molecular complexity index is 658. The van der Waals surface area contributed by atoms with E-state index in [0.717, 1.165) is 14.8 Å². The van der Waals surface area contributed by atoms with Crippen molar-refractivity contribution in [3.05, 3.63) is 57.4 Å². The number of carbonyl (C=O) groups is 1. The van der Waals surface area contributed by atoms with E-state index >= 15 is 0 Å². The van der Waals surface area contributed by atoms with Crippen LogP contribution in [-0.2, 0) is 4.79 Å². The number of carbonyl (C=O) groups excluding carboxylic acids is 1. The van der Waals surface area contributed by atoms with Gasteiger partial charge in [0, 0.05) is 9.26 Å². The summed E-state index contributed by atoms with van der Waals surface area (Å²) in [4.78, 5) is 12.3. The standard InChI is InChI=1S/C17H17FINO2/c1-3-16(22-14-7-4-12(18)5-8-14)17(21)20-15-9-6-13(19)10-11(15)2/h4-10,16H,3H2,1-2H3,(H,20,21)/t16-/m1/s1. The van der Waals surface area contributed by atoms with Crippen molar-refractivity contribution in [2.45, 2.75) is 26.4 Å². The van der Waals surface area contributed by atoms with E-state index in [-0.39, 0.29) is 11.7 Å². The molecule has 0 radical (unpaired) electrons. The van der Waals surface area contributed by atoms with Crippen molar-refractivity contribution < 1.29 is 13.9 Å². The Morgan fingerprint density at radius 2 is 1.95 bits per heavy atom. The minimum atomic E-state index is -0.621. The van der Waals surface area contributed by atoms with Gasteiger partial charge in [0.15, 0.2) is 6.10 Å². The zero-order valence-electron chi connectivity index (χ0n) is 12.4. The van der Waals surface area contributed by atoms with E-state index in [4.69, 9.17) is 4.74 Å². The molecule has 0 unspecified atom stereocenters. The summed E-state index contributed by atoms with van der Waals surface area (Å²) < 4.78 is 19.6. The van der Waals surface area contributed by atoms with Crippen LogP contribution >= 0.6 is 22.6 Å². The van der Waals surface area contributed by atoms with Gasteiger partial charge in [-0.15, -0.1) is 0 Å². The first kappa shape index (κ1) is 16.7. The highest BCUT2D eigenvalue weighted by atomic mass is 127. The average Bonchev–Trinajstić information content (AvgIpc) is 2.49. The summed E-state index contributed by atoms with van der Waals surface area (Å²) in [5, 5.41) is 2.88. The first-order chi connectivity index (χ1) is 10.5.